The summed E-state index contributed by atoms with van der Waals surface area (Å²) in [6.45, 7) is 9.13. The van der Waals surface area contributed by atoms with E-state index in [-0.39, 0.29) is 10.8 Å². The van der Waals surface area contributed by atoms with Crippen molar-refractivity contribution in [3.63, 3.8) is 0 Å². The number of aliphatic hydroxyl groups excluding tert-OH is 1. The van der Waals surface area contributed by atoms with Gasteiger partial charge in [-0.1, -0.05) is 70.2 Å². The van der Waals surface area contributed by atoms with Crippen LogP contribution in [0.1, 0.15) is 68.9 Å². The standard InChI is InChI=1S/C24H30O3S/c1-23(2)14-15-24(3,4)21-16-18(9-12-20(21)23)22(25)13-8-17-6-10-19(11-7-17)28(5,26)27/h6-13,16,22,25H,14-15H2,1-5H3. The van der Waals surface area contributed by atoms with Crippen molar-refractivity contribution in [2.24, 2.45) is 0 Å². The van der Waals surface area contributed by atoms with Crippen molar-refractivity contribution in [2.75, 3.05) is 6.26 Å². The second-order valence-corrected chi connectivity index (χ2v) is 11.2. The molecule has 2 aromatic carbocycles. The van der Waals surface area contributed by atoms with Crippen LogP contribution < -0.4 is 0 Å². The molecule has 1 aliphatic carbocycles. The second-order valence-electron chi connectivity index (χ2n) is 9.22. The normalized spacial score (nSPS) is 19.4. The summed E-state index contributed by atoms with van der Waals surface area (Å²) in [6, 6.07) is 13.0. The molecule has 1 N–H and O–H groups in total. The molecule has 0 bridgehead atoms. The maximum atomic E-state index is 11.6. The van der Waals surface area contributed by atoms with Gasteiger partial charge in [0.15, 0.2) is 9.84 Å². The lowest BCUT2D eigenvalue weighted by atomic mass is 9.63. The molecule has 0 aromatic heterocycles. The number of fused-ring (bicyclic) bond motifs is 1. The van der Waals surface area contributed by atoms with E-state index in [4.69, 9.17) is 0 Å². The van der Waals surface area contributed by atoms with Crippen molar-refractivity contribution < 1.29 is 13.5 Å². The van der Waals surface area contributed by atoms with Crippen LogP contribution in [0.2, 0.25) is 0 Å². The molecule has 1 atom stereocenters. The van der Waals surface area contributed by atoms with Crippen LogP contribution in [0, 0.1) is 0 Å². The molecule has 0 spiro atoms. The van der Waals surface area contributed by atoms with Crippen molar-refractivity contribution in [1.29, 1.82) is 0 Å². The van der Waals surface area contributed by atoms with E-state index in [9.17, 15) is 13.5 Å². The molecule has 0 fully saturated rings. The summed E-state index contributed by atoms with van der Waals surface area (Å²) in [5.41, 5.74) is 4.70. The van der Waals surface area contributed by atoms with Crippen LogP contribution >= 0.6 is 0 Å². The molecule has 0 amide bonds. The second kappa shape index (κ2) is 7.16. The van der Waals surface area contributed by atoms with E-state index in [2.05, 4.69) is 39.8 Å². The van der Waals surface area contributed by atoms with Crippen molar-refractivity contribution in [3.05, 3.63) is 70.8 Å². The van der Waals surface area contributed by atoms with Gasteiger partial charge in [0.25, 0.3) is 0 Å². The molecular weight excluding hydrogens is 368 g/mol. The Balaban J connectivity index is 1.85. The lowest BCUT2D eigenvalue weighted by Crippen LogP contribution is -2.33. The minimum atomic E-state index is -3.20. The molecule has 3 nitrogen and oxygen atoms in total. The van der Waals surface area contributed by atoms with Crippen LogP contribution in [0.4, 0.5) is 0 Å². The van der Waals surface area contributed by atoms with E-state index in [0.29, 0.717) is 4.90 Å². The molecule has 0 aliphatic heterocycles. The molecule has 150 valence electrons. The quantitative estimate of drug-likeness (QED) is 0.771. The van der Waals surface area contributed by atoms with Gasteiger partial charge in [-0.05, 0) is 58.1 Å². The third-order valence-electron chi connectivity index (χ3n) is 6.00. The Hall–Kier alpha value is -1.91. The molecule has 4 heteroatoms. The van der Waals surface area contributed by atoms with Gasteiger partial charge in [-0.25, -0.2) is 8.42 Å². The minimum Gasteiger partial charge on any atom is -0.384 e. The predicted molar refractivity (Wildman–Crippen MR) is 115 cm³/mol. The van der Waals surface area contributed by atoms with Gasteiger partial charge in [-0.2, -0.15) is 0 Å². The maximum absolute atomic E-state index is 11.6. The SMILES string of the molecule is CC1(C)CCC(C)(C)c2cc(C(O)C=Cc3ccc(S(C)(=O)=O)cc3)ccc21. The highest BCUT2D eigenvalue weighted by atomic mass is 32.2. The van der Waals surface area contributed by atoms with E-state index < -0.39 is 15.9 Å². The van der Waals surface area contributed by atoms with Gasteiger partial charge in [-0.3, -0.25) is 0 Å². The van der Waals surface area contributed by atoms with Gasteiger partial charge in [0.1, 0.15) is 0 Å². The largest absolute Gasteiger partial charge is 0.384 e. The van der Waals surface area contributed by atoms with Gasteiger partial charge in [0.2, 0.25) is 0 Å². The summed E-state index contributed by atoms with van der Waals surface area (Å²) in [5, 5.41) is 10.7. The fourth-order valence-electron chi connectivity index (χ4n) is 3.93. The first-order valence-electron chi connectivity index (χ1n) is 9.71. The summed E-state index contributed by atoms with van der Waals surface area (Å²) < 4.78 is 23.1. The molecule has 0 heterocycles. The van der Waals surface area contributed by atoms with Gasteiger partial charge in [0, 0.05) is 6.26 Å². The molecule has 2 aromatic rings. The zero-order chi connectivity index (χ0) is 20.7. The number of aliphatic hydroxyl groups is 1. The number of rotatable bonds is 4. The third-order valence-corrected chi connectivity index (χ3v) is 7.13. The highest BCUT2D eigenvalue weighted by Crippen LogP contribution is 2.46. The first-order valence-corrected chi connectivity index (χ1v) is 11.6. The van der Waals surface area contributed by atoms with Crippen molar-refractivity contribution in [1.82, 2.24) is 0 Å². The van der Waals surface area contributed by atoms with Crippen LogP contribution in [0.15, 0.2) is 53.4 Å². The molecular formula is C24H30O3S. The van der Waals surface area contributed by atoms with Gasteiger partial charge in [0.05, 0.1) is 11.0 Å². The van der Waals surface area contributed by atoms with E-state index in [0.717, 1.165) is 24.0 Å². The van der Waals surface area contributed by atoms with Crippen molar-refractivity contribution in [3.8, 4) is 0 Å². The van der Waals surface area contributed by atoms with Gasteiger partial charge in [-0.15, -0.1) is 0 Å². The summed E-state index contributed by atoms with van der Waals surface area (Å²) >= 11 is 0. The fraction of sp³-hybridized carbons (Fsp3) is 0.417. The predicted octanol–water partition coefficient (Wildman–Crippen LogP) is 5.19. The van der Waals surface area contributed by atoms with Crippen LogP contribution in [0.5, 0.6) is 0 Å². The Kier molecular flexibility index (Phi) is 5.32. The molecule has 1 unspecified atom stereocenters. The average molecular weight is 399 g/mol. The fourth-order valence-corrected chi connectivity index (χ4v) is 4.56. The molecule has 3 rings (SSSR count). The Bertz CT molecular complexity index is 997. The monoisotopic (exact) mass is 398 g/mol. The van der Waals surface area contributed by atoms with Crippen LogP contribution in [-0.2, 0) is 20.7 Å². The lowest BCUT2D eigenvalue weighted by Gasteiger charge is -2.42. The highest BCUT2D eigenvalue weighted by Gasteiger charge is 2.37. The van der Waals surface area contributed by atoms with Crippen molar-refractivity contribution >= 4 is 15.9 Å². The minimum absolute atomic E-state index is 0.103. The van der Waals surface area contributed by atoms with Crippen LogP contribution in [0.25, 0.3) is 6.08 Å². The maximum Gasteiger partial charge on any atom is 0.175 e. The summed E-state index contributed by atoms with van der Waals surface area (Å²) in [5.74, 6) is 0. The number of hydrogen-bond donors (Lipinski definition) is 1. The number of benzene rings is 2. The van der Waals surface area contributed by atoms with Gasteiger partial charge >= 0.3 is 0 Å². The topological polar surface area (TPSA) is 54.4 Å². The Labute approximate surface area is 169 Å². The smallest absolute Gasteiger partial charge is 0.175 e. The van der Waals surface area contributed by atoms with E-state index >= 15 is 0 Å². The Morgan fingerprint density at radius 2 is 1.50 bits per heavy atom. The average Bonchev–Trinajstić information content (AvgIpc) is 2.63. The first kappa shape index (κ1) is 20.8. The first-order chi connectivity index (χ1) is 12.9. The zero-order valence-electron chi connectivity index (χ0n) is 17.4. The molecule has 0 radical (unpaired) electrons. The van der Waals surface area contributed by atoms with Gasteiger partial charge < -0.3 is 5.11 Å². The lowest BCUT2D eigenvalue weighted by molar-refractivity contribution is 0.228. The summed E-state index contributed by atoms with van der Waals surface area (Å²) in [4.78, 5) is 0.296. The number of hydrogen-bond acceptors (Lipinski definition) is 3. The van der Waals surface area contributed by atoms with E-state index in [1.165, 1.54) is 17.4 Å². The Morgan fingerprint density at radius 1 is 0.929 bits per heavy atom. The van der Waals surface area contributed by atoms with E-state index in [1.807, 2.05) is 12.1 Å². The number of sulfone groups is 1. The molecule has 0 saturated heterocycles. The summed E-state index contributed by atoms with van der Waals surface area (Å²) in [6.07, 6.45) is 6.36. The zero-order valence-corrected chi connectivity index (χ0v) is 18.2. The molecule has 28 heavy (non-hydrogen) atoms. The van der Waals surface area contributed by atoms with Crippen LogP contribution in [-0.4, -0.2) is 19.8 Å². The molecule has 0 saturated carbocycles. The highest BCUT2D eigenvalue weighted by molar-refractivity contribution is 7.90. The summed E-state index contributed by atoms with van der Waals surface area (Å²) in [7, 11) is -3.20. The Morgan fingerprint density at radius 3 is 2.07 bits per heavy atom. The van der Waals surface area contributed by atoms with Crippen molar-refractivity contribution in [2.45, 2.75) is 62.4 Å². The molecule has 1 aliphatic rings. The third kappa shape index (κ3) is 4.23. The van der Waals surface area contributed by atoms with Crippen LogP contribution in [0.3, 0.4) is 0 Å². The van der Waals surface area contributed by atoms with E-state index in [1.54, 1.807) is 30.3 Å².